The average Bonchev–Trinajstić information content (AvgIpc) is 3.38. The second kappa shape index (κ2) is 7.32. The van der Waals surface area contributed by atoms with Crippen molar-refractivity contribution in [1.82, 2.24) is 9.55 Å². The Bertz CT molecular complexity index is 1300. The van der Waals surface area contributed by atoms with Crippen molar-refractivity contribution < 1.29 is 4.42 Å². The first-order valence-electron chi connectivity index (χ1n) is 10.9. The summed E-state index contributed by atoms with van der Waals surface area (Å²) in [5.74, 6) is 1.80. The third kappa shape index (κ3) is 2.92. The fraction of sp³-hybridized carbons (Fsp3) is 0.296. The van der Waals surface area contributed by atoms with Gasteiger partial charge in [-0.3, -0.25) is 4.57 Å². The van der Waals surface area contributed by atoms with Crippen molar-refractivity contribution in [2.75, 3.05) is 0 Å². The second-order valence-electron chi connectivity index (χ2n) is 8.79. The fourth-order valence-electron chi connectivity index (χ4n) is 4.57. The highest BCUT2D eigenvalue weighted by Crippen LogP contribution is 2.42. The topological polar surface area (TPSA) is 31.0 Å². The van der Waals surface area contributed by atoms with E-state index >= 15 is 0 Å². The lowest BCUT2D eigenvalue weighted by Gasteiger charge is -2.21. The molecule has 5 rings (SSSR count). The normalized spacial score (nSPS) is 14.4. The predicted octanol–water partition coefficient (Wildman–Crippen LogP) is 7.75. The lowest BCUT2D eigenvalue weighted by Crippen LogP contribution is -2.07. The van der Waals surface area contributed by atoms with Gasteiger partial charge in [-0.15, -0.1) is 0 Å². The minimum atomic E-state index is 0.381. The van der Waals surface area contributed by atoms with Gasteiger partial charge in [-0.1, -0.05) is 64.1 Å². The molecule has 2 aromatic carbocycles. The minimum Gasteiger partial charge on any atom is -0.456 e. The molecule has 1 aliphatic rings. The Kier molecular flexibility index (Phi) is 4.62. The predicted molar refractivity (Wildman–Crippen MR) is 125 cm³/mol. The summed E-state index contributed by atoms with van der Waals surface area (Å²) in [6, 6.07) is 10.8. The lowest BCUT2D eigenvalue weighted by atomic mass is 9.90. The Hall–Kier alpha value is -3.07. The average molecular weight is 397 g/mol. The van der Waals surface area contributed by atoms with Crippen molar-refractivity contribution in [3.63, 3.8) is 0 Å². The second-order valence-corrected chi connectivity index (χ2v) is 8.79. The molecule has 0 bridgehead atoms. The zero-order chi connectivity index (χ0) is 20.8. The first kappa shape index (κ1) is 18.9. The van der Waals surface area contributed by atoms with Gasteiger partial charge in [0.1, 0.15) is 17.0 Å². The Labute approximate surface area is 177 Å². The molecule has 152 valence electrons. The summed E-state index contributed by atoms with van der Waals surface area (Å²) >= 11 is 0. The van der Waals surface area contributed by atoms with E-state index in [1.54, 1.807) is 0 Å². The monoisotopic (exact) mass is 396 g/mol. The van der Waals surface area contributed by atoms with Crippen LogP contribution in [0.1, 0.15) is 69.3 Å². The van der Waals surface area contributed by atoms with Crippen LogP contribution in [0.25, 0.3) is 33.2 Å². The number of para-hydroxylation sites is 1. The highest BCUT2D eigenvalue weighted by atomic mass is 16.3. The van der Waals surface area contributed by atoms with Gasteiger partial charge in [-0.25, -0.2) is 4.98 Å². The number of nitrogens with zero attached hydrogens (tertiary/aromatic N) is 2. The molecular formula is C27H28N2O. The molecule has 0 spiro atoms. The molecule has 2 heterocycles. The third-order valence-electron chi connectivity index (χ3n) is 6.11. The van der Waals surface area contributed by atoms with Crippen LogP contribution >= 0.6 is 0 Å². The van der Waals surface area contributed by atoms with Crippen molar-refractivity contribution in [3.8, 4) is 5.69 Å². The number of allylic oxidation sites excluding steroid dienone is 4. The fourth-order valence-corrected chi connectivity index (χ4v) is 4.57. The maximum atomic E-state index is 6.44. The van der Waals surface area contributed by atoms with Crippen LogP contribution in [0.5, 0.6) is 0 Å². The van der Waals surface area contributed by atoms with Gasteiger partial charge in [0.05, 0.1) is 11.1 Å². The maximum absolute atomic E-state index is 6.44. The van der Waals surface area contributed by atoms with Gasteiger partial charge in [0, 0.05) is 17.8 Å². The Morgan fingerprint density at radius 3 is 2.57 bits per heavy atom. The van der Waals surface area contributed by atoms with E-state index in [0.29, 0.717) is 11.8 Å². The zero-order valence-electron chi connectivity index (χ0n) is 18.1. The molecule has 0 N–H and O–H groups in total. The number of aromatic nitrogens is 2. The first-order valence-corrected chi connectivity index (χ1v) is 10.9. The summed E-state index contributed by atoms with van der Waals surface area (Å²) in [5, 5.41) is 2.37. The Morgan fingerprint density at radius 1 is 1.03 bits per heavy atom. The van der Waals surface area contributed by atoms with Gasteiger partial charge in [-0.05, 0) is 53.5 Å². The van der Waals surface area contributed by atoms with Crippen LogP contribution in [-0.4, -0.2) is 9.55 Å². The molecule has 1 aliphatic carbocycles. The summed E-state index contributed by atoms with van der Waals surface area (Å²) in [4.78, 5) is 4.78. The molecule has 0 atom stereocenters. The molecule has 2 aromatic heterocycles. The summed E-state index contributed by atoms with van der Waals surface area (Å²) in [6.45, 7) is 9.04. The number of hydrogen-bond acceptors (Lipinski definition) is 2. The largest absolute Gasteiger partial charge is 0.456 e. The number of rotatable bonds is 4. The Balaban J connectivity index is 1.92. The van der Waals surface area contributed by atoms with E-state index in [1.165, 1.54) is 33.2 Å². The van der Waals surface area contributed by atoms with Crippen LogP contribution in [0.2, 0.25) is 0 Å². The first-order chi connectivity index (χ1) is 14.6. The Morgan fingerprint density at radius 2 is 1.83 bits per heavy atom. The number of fused-ring (bicyclic) bond motifs is 3. The standard InChI is InChI=1S/C27H28N2O/c1-17(2)21-16-22(18(3)4)26-24(20-12-8-9-13-23(20)30-26)25(21)29-15-14-28-27(29)19-10-6-5-7-11-19/h5-6,8-10,12-18H,7,11H2,1-4H3. The van der Waals surface area contributed by atoms with Crippen LogP contribution in [-0.2, 0) is 0 Å². The molecule has 3 nitrogen and oxygen atoms in total. The number of furan rings is 1. The highest BCUT2D eigenvalue weighted by molar-refractivity contribution is 6.11. The molecule has 0 unspecified atom stereocenters. The molecular weight excluding hydrogens is 368 g/mol. The van der Waals surface area contributed by atoms with Gasteiger partial charge >= 0.3 is 0 Å². The summed E-state index contributed by atoms with van der Waals surface area (Å²) in [5.41, 5.74) is 7.04. The van der Waals surface area contributed by atoms with Crippen molar-refractivity contribution in [2.45, 2.75) is 52.4 Å². The van der Waals surface area contributed by atoms with E-state index in [-0.39, 0.29) is 0 Å². The van der Waals surface area contributed by atoms with E-state index in [2.05, 4.69) is 81.0 Å². The van der Waals surface area contributed by atoms with Crippen LogP contribution in [0.3, 0.4) is 0 Å². The molecule has 0 fully saturated rings. The van der Waals surface area contributed by atoms with Crippen molar-refractivity contribution in [3.05, 3.63) is 77.9 Å². The van der Waals surface area contributed by atoms with Gasteiger partial charge in [0.15, 0.2) is 0 Å². The van der Waals surface area contributed by atoms with Gasteiger partial charge in [-0.2, -0.15) is 0 Å². The summed E-state index contributed by atoms with van der Waals surface area (Å²) < 4.78 is 8.73. The van der Waals surface area contributed by atoms with E-state index in [4.69, 9.17) is 9.40 Å². The lowest BCUT2D eigenvalue weighted by molar-refractivity contribution is 0.655. The van der Waals surface area contributed by atoms with Gasteiger partial charge < -0.3 is 4.42 Å². The molecule has 30 heavy (non-hydrogen) atoms. The van der Waals surface area contributed by atoms with Gasteiger partial charge in [0.25, 0.3) is 0 Å². The van der Waals surface area contributed by atoms with E-state index in [1.807, 2.05) is 12.3 Å². The number of benzene rings is 2. The number of imidazole rings is 1. The number of hydrogen-bond donors (Lipinski definition) is 0. The van der Waals surface area contributed by atoms with Crippen LogP contribution in [0, 0.1) is 0 Å². The van der Waals surface area contributed by atoms with Crippen molar-refractivity contribution in [2.24, 2.45) is 0 Å². The molecule has 0 aliphatic heterocycles. The zero-order valence-corrected chi connectivity index (χ0v) is 18.1. The summed E-state index contributed by atoms with van der Waals surface area (Å²) in [6.07, 6.45) is 12.7. The van der Waals surface area contributed by atoms with E-state index in [9.17, 15) is 0 Å². The van der Waals surface area contributed by atoms with Crippen molar-refractivity contribution >= 4 is 27.5 Å². The third-order valence-corrected chi connectivity index (χ3v) is 6.11. The summed E-state index contributed by atoms with van der Waals surface area (Å²) in [7, 11) is 0. The van der Waals surface area contributed by atoms with E-state index < -0.39 is 0 Å². The van der Waals surface area contributed by atoms with Crippen molar-refractivity contribution in [1.29, 1.82) is 0 Å². The molecule has 0 saturated carbocycles. The molecule has 3 heteroatoms. The van der Waals surface area contributed by atoms with E-state index in [0.717, 1.165) is 29.8 Å². The molecule has 0 amide bonds. The van der Waals surface area contributed by atoms with Crippen LogP contribution in [0.15, 0.2) is 65.4 Å². The molecule has 0 saturated heterocycles. The molecule has 4 aromatic rings. The molecule has 0 radical (unpaired) electrons. The smallest absolute Gasteiger partial charge is 0.141 e. The van der Waals surface area contributed by atoms with Gasteiger partial charge in [0.2, 0.25) is 0 Å². The van der Waals surface area contributed by atoms with Crippen LogP contribution < -0.4 is 0 Å². The minimum absolute atomic E-state index is 0.381. The quantitative estimate of drug-likeness (QED) is 0.353. The SMILES string of the molecule is CC(C)c1cc(C(C)C)c2oc3ccccc3c2c1-n1ccnc1C1=CC=CCC1. The highest BCUT2D eigenvalue weighted by Gasteiger charge is 2.24. The maximum Gasteiger partial charge on any atom is 0.141 e. The van der Waals surface area contributed by atoms with Crippen LogP contribution in [0.4, 0.5) is 0 Å².